The number of hydrogen-bond donors (Lipinski definition) is 1. The number of carbonyl (C=O) groups excluding carboxylic acids is 1. The van der Waals surface area contributed by atoms with Crippen LogP contribution in [0.25, 0.3) is 0 Å². The van der Waals surface area contributed by atoms with Crippen molar-refractivity contribution in [1.29, 1.82) is 0 Å². The van der Waals surface area contributed by atoms with E-state index < -0.39 is 12.1 Å². The molecule has 170 valence electrons. The summed E-state index contributed by atoms with van der Waals surface area (Å²) in [4.78, 5) is 11.9. The molecule has 2 aromatic rings. The van der Waals surface area contributed by atoms with Gasteiger partial charge in [0, 0.05) is 5.41 Å². The normalized spacial score (nSPS) is 12.4. The molecule has 2 rings (SSSR count). The Hall–Kier alpha value is -0.610. The molecule has 0 aliphatic rings. The van der Waals surface area contributed by atoms with E-state index in [2.05, 4.69) is 77.6 Å². The fourth-order valence-electron chi connectivity index (χ4n) is 2.89. The monoisotopic (exact) mass is 684 g/mol. The number of rotatable bonds is 9. The minimum absolute atomic E-state index is 0.0582. The first kappa shape index (κ1) is 26.6. The van der Waals surface area contributed by atoms with Crippen molar-refractivity contribution in [3.63, 3.8) is 0 Å². The molecule has 1 N–H and O–H groups in total. The molecule has 1 unspecified atom stereocenters. The van der Waals surface area contributed by atoms with Gasteiger partial charge in [0.15, 0.2) is 6.10 Å². The van der Waals surface area contributed by atoms with Crippen molar-refractivity contribution in [2.45, 2.75) is 39.2 Å². The fourth-order valence-corrected chi connectivity index (χ4v) is 5.68. The van der Waals surface area contributed by atoms with Crippen LogP contribution in [0.3, 0.4) is 0 Å². The summed E-state index contributed by atoms with van der Waals surface area (Å²) in [5.74, 6) is 0.770. The molecule has 0 spiro atoms. The van der Waals surface area contributed by atoms with Crippen molar-refractivity contribution in [1.82, 2.24) is 0 Å². The van der Waals surface area contributed by atoms with Crippen LogP contribution in [0.2, 0.25) is 0 Å². The van der Waals surface area contributed by atoms with E-state index in [1.54, 1.807) is 13.8 Å². The third-order valence-electron chi connectivity index (χ3n) is 4.69. The molecule has 5 nitrogen and oxygen atoms in total. The Morgan fingerprint density at radius 3 is 1.84 bits per heavy atom. The van der Waals surface area contributed by atoms with Crippen LogP contribution in [0.1, 0.15) is 38.8 Å². The number of esters is 1. The molecule has 0 aliphatic carbocycles. The number of hydrogen-bond acceptors (Lipinski definition) is 5. The molecule has 0 heterocycles. The number of halogens is 4. The smallest absolute Gasteiger partial charge is 0.347 e. The highest BCUT2D eigenvalue weighted by Gasteiger charge is 2.28. The van der Waals surface area contributed by atoms with Gasteiger partial charge >= 0.3 is 5.97 Å². The van der Waals surface area contributed by atoms with Crippen LogP contribution in [-0.4, -0.2) is 37.0 Å². The number of ether oxygens (including phenoxy) is 3. The first-order valence-electron chi connectivity index (χ1n) is 9.58. The average molecular weight is 688 g/mol. The van der Waals surface area contributed by atoms with E-state index in [-0.39, 0.29) is 18.6 Å². The van der Waals surface area contributed by atoms with Crippen LogP contribution in [0, 0.1) is 0 Å². The van der Waals surface area contributed by atoms with Crippen molar-refractivity contribution < 1.29 is 24.1 Å². The summed E-state index contributed by atoms with van der Waals surface area (Å²) >= 11 is 14.3. The highest BCUT2D eigenvalue weighted by Crippen LogP contribution is 2.44. The van der Waals surface area contributed by atoms with Gasteiger partial charge in [-0.15, -0.1) is 0 Å². The summed E-state index contributed by atoms with van der Waals surface area (Å²) in [6, 6.07) is 7.98. The lowest BCUT2D eigenvalue weighted by Gasteiger charge is -2.28. The molecule has 0 aromatic heterocycles. The quantitative estimate of drug-likeness (QED) is 0.295. The Morgan fingerprint density at radius 2 is 1.42 bits per heavy atom. The summed E-state index contributed by atoms with van der Waals surface area (Å²) in [6.45, 7) is 8.11. The van der Waals surface area contributed by atoms with Gasteiger partial charge in [-0.3, -0.25) is 0 Å². The van der Waals surface area contributed by atoms with Gasteiger partial charge in [0.25, 0.3) is 0 Å². The zero-order valence-corrected chi connectivity index (χ0v) is 23.9. The average Bonchev–Trinajstić information content (AvgIpc) is 2.69. The highest BCUT2D eigenvalue weighted by molar-refractivity contribution is 9.11. The molecule has 9 heteroatoms. The number of aliphatic hydroxyl groups excluding tert-OH is 1. The van der Waals surface area contributed by atoms with Crippen molar-refractivity contribution in [2.75, 3.05) is 19.8 Å². The van der Waals surface area contributed by atoms with Crippen LogP contribution in [-0.2, 0) is 14.9 Å². The molecule has 0 aliphatic heterocycles. The van der Waals surface area contributed by atoms with Gasteiger partial charge in [-0.05, 0) is 113 Å². The third-order valence-corrected chi connectivity index (χ3v) is 7.05. The minimum Gasteiger partial charge on any atom is -0.489 e. The van der Waals surface area contributed by atoms with Crippen LogP contribution < -0.4 is 9.47 Å². The van der Waals surface area contributed by atoms with Crippen molar-refractivity contribution in [2.24, 2.45) is 0 Å². The lowest BCUT2D eigenvalue weighted by atomic mass is 9.78. The van der Waals surface area contributed by atoms with Crippen molar-refractivity contribution in [3.05, 3.63) is 53.3 Å². The lowest BCUT2D eigenvalue weighted by Crippen LogP contribution is -2.26. The van der Waals surface area contributed by atoms with Crippen LogP contribution in [0.15, 0.2) is 42.2 Å². The summed E-state index contributed by atoms with van der Waals surface area (Å²) in [7, 11) is 0. The van der Waals surface area contributed by atoms with E-state index >= 15 is 0 Å². The number of aliphatic hydroxyl groups is 1. The summed E-state index contributed by atoms with van der Waals surface area (Å²) in [5.41, 5.74) is 1.72. The van der Waals surface area contributed by atoms with Gasteiger partial charge in [0.1, 0.15) is 18.1 Å². The Balaban J connectivity index is 2.38. The van der Waals surface area contributed by atoms with E-state index in [0.717, 1.165) is 29.0 Å². The fraction of sp³-hybridized carbons (Fsp3) is 0.409. The molecule has 0 fully saturated rings. The Bertz CT molecular complexity index is 899. The minimum atomic E-state index is -0.732. The van der Waals surface area contributed by atoms with Gasteiger partial charge in [0.05, 0.1) is 31.1 Å². The zero-order chi connectivity index (χ0) is 23.3. The van der Waals surface area contributed by atoms with Gasteiger partial charge in [-0.2, -0.15) is 0 Å². The molecular weight excluding hydrogens is 664 g/mol. The van der Waals surface area contributed by atoms with E-state index in [4.69, 9.17) is 19.3 Å². The summed E-state index contributed by atoms with van der Waals surface area (Å²) < 4.78 is 19.5. The predicted molar refractivity (Wildman–Crippen MR) is 135 cm³/mol. The second kappa shape index (κ2) is 11.5. The maximum Gasteiger partial charge on any atom is 0.347 e. The van der Waals surface area contributed by atoms with Gasteiger partial charge in [0.2, 0.25) is 0 Å². The highest BCUT2D eigenvalue weighted by atomic mass is 79.9. The van der Waals surface area contributed by atoms with Gasteiger partial charge < -0.3 is 19.3 Å². The largest absolute Gasteiger partial charge is 0.489 e. The molecule has 0 saturated carbocycles. The Morgan fingerprint density at radius 1 is 0.968 bits per heavy atom. The Labute approximate surface area is 216 Å². The van der Waals surface area contributed by atoms with Crippen LogP contribution >= 0.6 is 63.7 Å². The molecule has 0 bridgehead atoms. The second-order valence-electron chi connectivity index (χ2n) is 7.25. The maximum atomic E-state index is 11.9. The topological polar surface area (TPSA) is 65.0 Å². The first-order valence-corrected chi connectivity index (χ1v) is 12.8. The van der Waals surface area contributed by atoms with Crippen LogP contribution in [0.4, 0.5) is 0 Å². The molecule has 0 amide bonds. The molecule has 2 aromatic carbocycles. The van der Waals surface area contributed by atoms with Gasteiger partial charge in [-0.1, -0.05) is 13.8 Å². The summed E-state index contributed by atoms with van der Waals surface area (Å²) in [6.07, 6.45) is -0.732. The maximum absolute atomic E-state index is 11.9. The third kappa shape index (κ3) is 6.47. The van der Waals surface area contributed by atoms with Crippen LogP contribution in [0.5, 0.6) is 11.5 Å². The van der Waals surface area contributed by atoms with E-state index in [1.165, 1.54) is 0 Å². The van der Waals surface area contributed by atoms with Gasteiger partial charge in [-0.25, -0.2) is 4.79 Å². The number of benzene rings is 2. The molecular formula is C22H24Br4O5. The van der Waals surface area contributed by atoms with Crippen molar-refractivity contribution >= 4 is 69.7 Å². The molecule has 31 heavy (non-hydrogen) atoms. The van der Waals surface area contributed by atoms with E-state index in [1.807, 2.05) is 24.3 Å². The standard InChI is InChI=1S/C22H24Br4O5/c1-5-29-21(28)12(2)31-20-17(25)10-14(11-18(20)26)22(3,4)13-8-15(23)19(16(24)9-13)30-7-6-27/h8-12,27H,5-7H2,1-4H3. The molecule has 0 saturated heterocycles. The first-order chi connectivity index (χ1) is 14.5. The molecule has 0 radical (unpaired) electrons. The Kier molecular flexibility index (Phi) is 9.88. The van der Waals surface area contributed by atoms with Crippen molar-refractivity contribution in [3.8, 4) is 11.5 Å². The SMILES string of the molecule is CCOC(=O)C(C)Oc1c(Br)cc(C(C)(C)c2cc(Br)c(OCCO)c(Br)c2)cc1Br. The van der Waals surface area contributed by atoms with E-state index in [9.17, 15) is 4.79 Å². The summed E-state index contributed by atoms with van der Waals surface area (Å²) in [5, 5.41) is 9.03. The number of carbonyl (C=O) groups is 1. The lowest BCUT2D eigenvalue weighted by molar-refractivity contribution is -0.150. The second-order valence-corrected chi connectivity index (χ2v) is 10.7. The van der Waals surface area contributed by atoms with E-state index in [0.29, 0.717) is 18.1 Å². The zero-order valence-electron chi connectivity index (χ0n) is 17.6. The predicted octanol–water partition coefficient (Wildman–Crippen LogP) is 6.76. The molecule has 1 atom stereocenters.